The number of aromatic nitrogens is 2. The Kier molecular flexibility index (Phi) is 4.58. The topological polar surface area (TPSA) is 92.0 Å². The van der Waals surface area contributed by atoms with Crippen LogP contribution in [-0.2, 0) is 28.3 Å². The molecule has 1 unspecified atom stereocenters. The van der Waals surface area contributed by atoms with Crippen LogP contribution >= 0.6 is 0 Å². The molecule has 12 heavy (non-hydrogen) atoms. The van der Waals surface area contributed by atoms with Crippen molar-refractivity contribution in [2.24, 2.45) is 5.73 Å². The average Bonchev–Trinajstić information content (AvgIpc) is 2.39. The minimum absolute atomic E-state index is 0. The van der Waals surface area contributed by atoms with Crippen LogP contribution in [0.4, 0.5) is 0 Å². The molecule has 0 fully saturated rings. The van der Waals surface area contributed by atoms with Crippen LogP contribution in [0.5, 0.6) is 0 Å². The number of imidazole rings is 1. The largest absolute Gasteiger partial charge is 0.480 e. The van der Waals surface area contributed by atoms with E-state index in [9.17, 15) is 4.79 Å². The Labute approximate surface area is 79.8 Å². The molecule has 1 rings (SSSR count). The van der Waals surface area contributed by atoms with Crippen LogP contribution in [0.2, 0.25) is 0 Å². The van der Waals surface area contributed by atoms with Gasteiger partial charge in [-0.2, -0.15) is 0 Å². The summed E-state index contributed by atoms with van der Waals surface area (Å²) in [5, 5.41) is 8.42. The molecule has 0 saturated heterocycles. The number of nitrogens with one attached hydrogen (secondary N) is 1. The summed E-state index contributed by atoms with van der Waals surface area (Å²) in [5.41, 5.74) is 5.92. The third-order valence-electron chi connectivity index (χ3n) is 1.30. The van der Waals surface area contributed by atoms with Crippen molar-refractivity contribution in [1.29, 1.82) is 0 Å². The molecule has 0 aromatic carbocycles. The average molecular weight is 219 g/mol. The second kappa shape index (κ2) is 4.92. The van der Waals surface area contributed by atoms with Crippen LogP contribution in [0, 0.1) is 0 Å². The van der Waals surface area contributed by atoms with Gasteiger partial charge in [-0.3, -0.25) is 4.79 Å². The number of hydrogen-bond donors (Lipinski definition) is 3. The van der Waals surface area contributed by atoms with Crippen molar-refractivity contribution in [1.82, 2.24) is 9.97 Å². The zero-order chi connectivity index (χ0) is 8.27. The Bertz CT molecular complexity index is 237. The van der Waals surface area contributed by atoms with E-state index in [1.807, 2.05) is 0 Å². The number of nitrogens with zero attached hydrogens (tertiary/aromatic N) is 1. The number of H-pyrrole nitrogens is 1. The van der Waals surface area contributed by atoms with E-state index < -0.39 is 12.0 Å². The summed E-state index contributed by atoms with van der Waals surface area (Å²) in [5.74, 6) is -1.01. The van der Waals surface area contributed by atoms with Crippen LogP contribution in [0.1, 0.15) is 5.69 Å². The fraction of sp³-hybridized carbons (Fsp3) is 0.333. The number of carboxylic acid groups (broad SMARTS) is 1. The molecule has 1 aromatic rings. The van der Waals surface area contributed by atoms with E-state index in [0.717, 1.165) is 0 Å². The molecule has 1 heterocycles. The number of rotatable bonds is 3. The molecular weight excluding hydrogens is 210 g/mol. The van der Waals surface area contributed by atoms with Gasteiger partial charge in [0.1, 0.15) is 6.04 Å². The maximum Gasteiger partial charge on any atom is 0.320 e. The minimum Gasteiger partial charge on any atom is -0.480 e. The predicted molar refractivity (Wildman–Crippen MR) is 37.9 cm³/mol. The molecule has 6 heteroatoms. The molecule has 0 amide bonds. The zero-order valence-corrected chi connectivity index (χ0v) is 7.06. The van der Waals surface area contributed by atoms with Gasteiger partial charge in [-0.05, 0) is 0 Å². The predicted octanol–water partition coefficient (Wildman–Crippen LogP) is -0.638. The van der Waals surface area contributed by atoms with Crippen molar-refractivity contribution < 1.29 is 27.0 Å². The number of nitrogens with two attached hydrogens (primary N) is 1. The molecule has 1 atom stereocenters. The summed E-state index contributed by atoms with van der Waals surface area (Å²) in [7, 11) is 0. The Morgan fingerprint density at radius 1 is 1.83 bits per heavy atom. The number of aromatic amines is 1. The van der Waals surface area contributed by atoms with Gasteiger partial charge in [0, 0.05) is 29.7 Å². The van der Waals surface area contributed by atoms with Gasteiger partial charge in [-0.15, -0.1) is 0 Å². The number of carbonyl (C=O) groups is 1. The summed E-state index contributed by atoms with van der Waals surface area (Å²) >= 11 is 0. The standard InChI is InChI=1S/C6H9N3O2.Cu/c7-5(6(10)11)1-4-2-8-3-9-4;/h2-3,5H,1,7H2,(H,8,9)(H,10,11);. The normalized spacial score (nSPS) is 11.8. The van der Waals surface area contributed by atoms with E-state index in [1.165, 1.54) is 6.33 Å². The van der Waals surface area contributed by atoms with Crippen LogP contribution in [0.15, 0.2) is 12.5 Å². The van der Waals surface area contributed by atoms with Crippen LogP contribution in [0.25, 0.3) is 0 Å². The number of carboxylic acids is 1. The van der Waals surface area contributed by atoms with Crippen molar-refractivity contribution in [3.63, 3.8) is 0 Å². The van der Waals surface area contributed by atoms with E-state index in [1.54, 1.807) is 6.20 Å². The molecule has 71 valence electrons. The van der Waals surface area contributed by atoms with Crippen LogP contribution < -0.4 is 5.73 Å². The van der Waals surface area contributed by atoms with Gasteiger partial charge in [0.05, 0.1) is 12.0 Å². The molecule has 5 nitrogen and oxygen atoms in total. The molecular formula is C6H9CuN3O2. The van der Waals surface area contributed by atoms with E-state index in [4.69, 9.17) is 10.8 Å². The third-order valence-corrected chi connectivity index (χ3v) is 1.30. The molecule has 0 spiro atoms. The van der Waals surface area contributed by atoms with E-state index in [2.05, 4.69) is 9.97 Å². The first-order valence-corrected chi connectivity index (χ1v) is 3.16. The number of aliphatic carboxylic acids is 1. The van der Waals surface area contributed by atoms with Crippen molar-refractivity contribution in [2.75, 3.05) is 0 Å². The zero-order valence-electron chi connectivity index (χ0n) is 6.12. The summed E-state index contributed by atoms with van der Waals surface area (Å²) in [6, 6.07) is -0.863. The monoisotopic (exact) mass is 218 g/mol. The minimum atomic E-state index is -1.01. The van der Waals surface area contributed by atoms with Crippen LogP contribution in [-0.4, -0.2) is 27.1 Å². The van der Waals surface area contributed by atoms with Gasteiger partial charge in [-0.1, -0.05) is 0 Å². The first-order chi connectivity index (χ1) is 5.20. The Balaban J connectivity index is 0.00000121. The maximum absolute atomic E-state index is 10.3. The van der Waals surface area contributed by atoms with Crippen LogP contribution in [0.3, 0.4) is 0 Å². The SMILES string of the molecule is NC(Cc1c[nH]cn1)C(=O)O.[Cu]. The van der Waals surface area contributed by atoms with E-state index in [-0.39, 0.29) is 23.5 Å². The van der Waals surface area contributed by atoms with Gasteiger partial charge >= 0.3 is 5.97 Å². The van der Waals surface area contributed by atoms with Gasteiger partial charge in [0.15, 0.2) is 0 Å². The number of hydrogen-bond acceptors (Lipinski definition) is 3. The summed E-state index contributed by atoms with van der Waals surface area (Å²) in [6.07, 6.45) is 3.38. The Morgan fingerprint density at radius 2 is 2.50 bits per heavy atom. The maximum atomic E-state index is 10.3. The molecule has 0 bridgehead atoms. The third kappa shape index (κ3) is 3.04. The Hall–Kier alpha value is -0.841. The van der Waals surface area contributed by atoms with Gasteiger partial charge in [-0.25, -0.2) is 4.98 Å². The molecule has 0 aliphatic heterocycles. The van der Waals surface area contributed by atoms with Crippen molar-refractivity contribution >= 4 is 5.97 Å². The summed E-state index contributed by atoms with van der Waals surface area (Å²) in [6.45, 7) is 0. The first kappa shape index (κ1) is 11.2. The molecule has 4 N–H and O–H groups in total. The van der Waals surface area contributed by atoms with Crippen molar-refractivity contribution in [3.05, 3.63) is 18.2 Å². The van der Waals surface area contributed by atoms with E-state index in [0.29, 0.717) is 5.69 Å². The molecule has 0 aliphatic carbocycles. The van der Waals surface area contributed by atoms with Crippen molar-refractivity contribution in [2.45, 2.75) is 12.5 Å². The van der Waals surface area contributed by atoms with Gasteiger partial charge in [0.25, 0.3) is 0 Å². The fourth-order valence-electron chi connectivity index (χ4n) is 0.715. The molecule has 0 aliphatic rings. The fourth-order valence-corrected chi connectivity index (χ4v) is 0.715. The van der Waals surface area contributed by atoms with Gasteiger partial charge < -0.3 is 15.8 Å². The van der Waals surface area contributed by atoms with E-state index >= 15 is 0 Å². The smallest absolute Gasteiger partial charge is 0.320 e. The summed E-state index contributed by atoms with van der Waals surface area (Å²) < 4.78 is 0. The van der Waals surface area contributed by atoms with Crippen molar-refractivity contribution in [3.8, 4) is 0 Å². The molecule has 1 radical (unpaired) electrons. The first-order valence-electron chi connectivity index (χ1n) is 3.16. The molecule has 0 saturated carbocycles. The summed E-state index contributed by atoms with van der Waals surface area (Å²) in [4.78, 5) is 16.8. The molecule has 1 aromatic heterocycles. The Morgan fingerprint density at radius 3 is 2.92 bits per heavy atom. The second-order valence-corrected chi connectivity index (χ2v) is 2.21. The quantitative estimate of drug-likeness (QED) is 0.589. The second-order valence-electron chi connectivity index (χ2n) is 2.21. The van der Waals surface area contributed by atoms with Gasteiger partial charge in [0.2, 0.25) is 0 Å².